The van der Waals surface area contributed by atoms with Crippen molar-refractivity contribution < 1.29 is 4.52 Å². The molecule has 0 amide bonds. The van der Waals surface area contributed by atoms with Gasteiger partial charge in [0.05, 0.1) is 6.20 Å². The summed E-state index contributed by atoms with van der Waals surface area (Å²) in [5.41, 5.74) is 1.14. The minimum atomic E-state index is 0.877. The summed E-state index contributed by atoms with van der Waals surface area (Å²) in [7, 11) is 0. The maximum atomic E-state index is 4.74. The van der Waals surface area contributed by atoms with Crippen molar-refractivity contribution in [3.63, 3.8) is 0 Å². The van der Waals surface area contributed by atoms with Crippen molar-refractivity contribution in [1.29, 1.82) is 0 Å². The Labute approximate surface area is 90.0 Å². The summed E-state index contributed by atoms with van der Waals surface area (Å²) in [5.74, 6) is 0. The van der Waals surface area contributed by atoms with Gasteiger partial charge >= 0.3 is 0 Å². The van der Waals surface area contributed by atoms with Crippen LogP contribution in [0.3, 0.4) is 0 Å². The van der Waals surface area contributed by atoms with Gasteiger partial charge in [0.25, 0.3) is 0 Å². The first-order chi connectivity index (χ1) is 6.84. The van der Waals surface area contributed by atoms with Crippen LogP contribution in [0.1, 0.15) is 12.0 Å². The van der Waals surface area contributed by atoms with Gasteiger partial charge in [-0.25, -0.2) is 0 Å². The zero-order valence-corrected chi connectivity index (χ0v) is 9.14. The molecule has 2 aromatic heterocycles. The van der Waals surface area contributed by atoms with E-state index in [9.17, 15) is 0 Å². The summed E-state index contributed by atoms with van der Waals surface area (Å²) in [4.78, 5) is 0. The van der Waals surface area contributed by atoms with E-state index in [2.05, 4.69) is 26.2 Å². The Hall–Kier alpha value is -1.10. The van der Waals surface area contributed by atoms with E-state index in [1.165, 1.54) is 0 Å². The zero-order valence-electron chi connectivity index (χ0n) is 7.56. The van der Waals surface area contributed by atoms with Gasteiger partial charge in [-0.3, -0.25) is 4.68 Å². The van der Waals surface area contributed by atoms with E-state index in [1.807, 2.05) is 16.9 Å². The molecule has 0 aliphatic heterocycles. The van der Waals surface area contributed by atoms with Crippen LogP contribution in [-0.2, 0) is 13.0 Å². The fourth-order valence-electron chi connectivity index (χ4n) is 1.26. The first-order valence-electron chi connectivity index (χ1n) is 4.42. The third-order valence-corrected chi connectivity index (χ3v) is 2.37. The summed E-state index contributed by atoms with van der Waals surface area (Å²) in [5, 5.41) is 7.87. The number of rotatable bonds is 4. The average Bonchev–Trinajstić information content (AvgIpc) is 2.77. The van der Waals surface area contributed by atoms with Crippen molar-refractivity contribution in [1.82, 2.24) is 14.9 Å². The van der Waals surface area contributed by atoms with Crippen LogP contribution in [0.15, 0.2) is 33.8 Å². The van der Waals surface area contributed by atoms with E-state index in [-0.39, 0.29) is 0 Å². The third-order valence-electron chi connectivity index (χ3n) is 1.94. The van der Waals surface area contributed by atoms with Crippen molar-refractivity contribution in [2.75, 3.05) is 0 Å². The average molecular weight is 256 g/mol. The Morgan fingerprint density at radius 3 is 3.07 bits per heavy atom. The number of halogens is 1. The monoisotopic (exact) mass is 255 g/mol. The second-order valence-electron chi connectivity index (χ2n) is 3.04. The van der Waals surface area contributed by atoms with Crippen LogP contribution in [0.5, 0.6) is 0 Å². The van der Waals surface area contributed by atoms with Crippen LogP contribution in [-0.4, -0.2) is 14.9 Å². The molecule has 0 saturated carbocycles. The van der Waals surface area contributed by atoms with E-state index in [0.29, 0.717) is 0 Å². The molecule has 0 aromatic carbocycles. The summed E-state index contributed by atoms with van der Waals surface area (Å²) in [6, 6.07) is 1.93. The molecule has 0 aliphatic carbocycles. The van der Waals surface area contributed by atoms with Gasteiger partial charge in [0.1, 0.15) is 10.9 Å². The Kier molecular flexibility index (Phi) is 2.98. The molecule has 0 bridgehead atoms. The Balaban J connectivity index is 1.78. The molecule has 14 heavy (non-hydrogen) atoms. The van der Waals surface area contributed by atoms with Gasteiger partial charge < -0.3 is 4.52 Å². The fraction of sp³-hybridized carbons (Fsp3) is 0.333. The first kappa shape index (κ1) is 9.45. The smallest absolute Gasteiger partial charge is 0.128 e. The number of hydrogen-bond donors (Lipinski definition) is 0. The molecule has 0 spiro atoms. The normalized spacial score (nSPS) is 10.6. The molecule has 2 aromatic rings. The van der Waals surface area contributed by atoms with E-state index in [1.54, 1.807) is 12.5 Å². The van der Waals surface area contributed by atoms with Crippen LogP contribution in [0, 0.1) is 0 Å². The minimum Gasteiger partial charge on any atom is -0.364 e. The van der Waals surface area contributed by atoms with Crippen LogP contribution >= 0.6 is 15.9 Å². The van der Waals surface area contributed by atoms with Crippen LogP contribution in [0.4, 0.5) is 0 Å². The standard InChI is InChI=1S/C9H10BrN3O/c10-9-3-5-13(12-9)4-1-2-8-6-11-14-7-8/h3,5-7H,1-2,4H2. The van der Waals surface area contributed by atoms with E-state index < -0.39 is 0 Å². The van der Waals surface area contributed by atoms with Crippen molar-refractivity contribution in [3.05, 3.63) is 34.9 Å². The molecule has 0 atom stereocenters. The fourth-order valence-corrected chi connectivity index (χ4v) is 1.58. The van der Waals surface area contributed by atoms with Gasteiger partial charge in [-0.15, -0.1) is 0 Å². The maximum Gasteiger partial charge on any atom is 0.128 e. The van der Waals surface area contributed by atoms with E-state index in [0.717, 1.165) is 29.6 Å². The van der Waals surface area contributed by atoms with Crippen molar-refractivity contribution in [3.8, 4) is 0 Å². The number of aromatic nitrogens is 3. The highest BCUT2D eigenvalue weighted by Gasteiger charge is 1.97. The highest BCUT2D eigenvalue weighted by atomic mass is 79.9. The van der Waals surface area contributed by atoms with Crippen LogP contribution in [0.25, 0.3) is 0 Å². The molecular formula is C9H10BrN3O. The van der Waals surface area contributed by atoms with Gasteiger partial charge in [-0.05, 0) is 34.8 Å². The SMILES string of the molecule is Brc1ccn(CCCc2cnoc2)n1. The molecule has 2 heterocycles. The Bertz CT molecular complexity index is 382. The predicted molar refractivity (Wildman–Crippen MR) is 54.8 cm³/mol. The summed E-state index contributed by atoms with van der Waals surface area (Å²) in [6.07, 6.45) is 7.39. The molecular weight excluding hydrogens is 246 g/mol. The lowest BCUT2D eigenvalue weighted by Gasteiger charge is -1.98. The summed E-state index contributed by atoms with van der Waals surface area (Å²) in [6.45, 7) is 0.913. The van der Waals surface area contributed by atoms with Gasteiger partial charge in [0.15, 0.2) is 0 Å². The molecule has 0 unspecified atom stereocenters. The summed E-state index contributed by atoms with van der Waals surface area (Å²) < 4.78 is 7.53. The molecule has 0 aliphatic rings. The predicted octanol–water partition coefficient (Wildman–Crippen LogP) is 2.27. The Morgan fingerprint density at radius 2 is 2.43 bits per heavy atom. The Morgan fingerprint density at radius 1 is 1.50 bits per heavy atom. The van der Waals surface area contributed by atoms with Gasteiger partial charge in [0, 0.05) is 18.3 Å². The first-order valence-corrected chi connectivity index (χ1v) is 5.21. The molecule has 4 nitrogen and oxygen atoms in total. The van der Waals surface area contributed by atoms with Gasteiger partial charge in [-0.2, -0.15) is 5.10 Å². The van der Waals surface area contributed by atoms with E-state index in [4.69, 9.17) is 4.52 Å². The molecule has 5 heteroatoms. The quantitative estimate of drug-likeness (QED) is 0.842. The summed E-state index contributed by atoms with van der Waals surface area (Å²) >= 11 is 3.31. The van der Waals surface area contributed by atoms with Crippen molar-refractivity contribution >= 4 is 15.9 Å². The molecule has 74 valence electrons. The van der Waals surface area contributed by atoms with E-state index >= 15 is 0 Å². The molecule has 0 radical (unpaired) electrons. The number of aryl methyl sites for hydroxylation is 2. The second kappa shape index (κ2) is 4.41. The minimum absolute atomic E-state index is 0.877. The third kappa shape index (κ3) is 2.45. The molecule has 0 saturated heterocycles. The number of nitrogens with zero attached hydrogens (tertiary/aromatic N) is 3. The lowest BCUT2D eigenvalue weighted by Crippen LogP contribution is -1.99. The molecule has 2 rings (SSSR count). The highest BCUT2D eigenvalue weighted by Crippen LogP contribution is 2.06. The zero-order chi connectivity index (χ0) is 9.80. The van der Waals surface area contributed by atoms with Crippen LogP contribution in [0.2, 0.25) is 0 Å². The van der Waals surface area contributed by atoms with Gasteiger partial charge in [-0.1, -0.05) is 5.16 Å². The van der Waals surface area contributed by atoms with Crippen LogP contribution < -0.4 is 0 Å². The highest BCUT2D eigenvalue weighted by molar-refractivity contribution is 9.10. The van der Waals surface area contributed by atoms with Crippen molar-refractivity contribution in [2.24, 2.45) is 0 Å². The molecule has 0 N–H and O–H groups in total. The lowest BCUT2D eigenvalue weighted by atomic mass is 10.2. The molecule has 0 fully saturated rings. The maximum absolute atomic E-state index is 4.74. The topological polar surface area (TPSA) is 43.9 Å². The van der Waals surface area contributed by atoms with Gasteiger partial charge in [0.2, 0.25) is 0 Å². The second-order valence-corrected chi connectivity index (χ2v) is 3.85. The lowest BCUT2D eigenvalue weighted by molar-refractivity contribution is 0.418. The largest absolute Gasteiger partial charge is 0.364 e. The number of hydrogen-bond acceptors (Lipinski definition) is 3. The van der Waals surface area contributed by atoms with Crippen molar-refractivity contribution in [2.45, 2.75) is 19.4 Å².